The molecule has 6 heteroatoms. The minimum Gasteiger partial charge on any atom is -0.360 e. The number of amides is 1. The Kier molecular flexibility index (Phi) is 6.86. The van der Waals surface area contributed by atoms with E-state index in [4.69, 9.17) is 4.52 Å². The van der Waals surface area contributed by atoms with Gasteiger partial charge in [0.1, 0.15) is 5.56 Å². The molecule has 1 amide bonds. The van der Waals surface area contributed by atoms with Gasteiger partial charge in [0.25, 0.3) is 5.91 Å². The van der Waals surface area contributed by atoms with Gasteiger partial charge in [0.05, 0.1) is 5.69 Å². The quantitative estimate of drug-likeness (QED) is 0.794. The van der Waals surface area contributed by atoms with Gasteiger partial charge in [-0.3, -0.25) is 9.69 Å². The summed E-state index contributed by atoms with van der Waals surface area (Å²) in [6, 6.07) is 8.53. The second-order valence-electron chi connectivity index (χ2n) is 7.87. The summed E-state index contributed by atoms with van der Waals surface area (Å²) in [5, 5.41) is 6.94. The standard InChI is InChI=1S/C22H32N4O2/c1-5-25-10-12-26(13-11-25)15-19-8-6-18(7-9-19)14-23-22(27)20-17(4)24-28-21(20)16(2)3/h6-9,16H,5,10-15H2,1-4H3,(H,23,27). The maximum absolute atomic E-state index is 12.6. The fraction of sp³-hybridized carbons (Fsp3) is 0.545. The second-order valence-corrected chi connectivity index (χ2v) is 7.87. The Morgan fingerprint density at radius 2 is 1.71 bits per heavy atom. The van der Waals surface area contributed by atoms with Crippen molar-refractivity contribution < 1.29 is 9.32 Å². The summed E-state index contributed by atoms with van der Waals surface area (Å²) in [7, 11) is 0. The molecule has 1 aliphatic heterocycles. The summed E-state index contributed by atoms with van der Waals surface area (Å²) in [5.74, 6) is 0.647. The summed E-state index contributed by atoms with van der Waals surface area (Å²) in [4.78, 5) is 17.6. The van der Waals surface area contributed by atoms with E-state index < -0.39 is 0 Å². The highest BCUT2D eigenvalue weighted by Gasteiger charge is 2.22. The summed E-state index contributed by atoms with van der Waals surface area (Å²) < 4.78 is 5.31. The summed E-state index contributed by atoms with van der Waals surface area (Å²) in [5.41, 5.74) is 3.61. The lowest BCUT2D eigenvalue weighted by molar-refractivity contribution is 0.0948. The molecule has 0 unspecified atom stereocenters. The van der Waals surface area contributed by atoms with Gasteiger partial charge in [0.15, 0.2) is 5.76 Å². The largest absolute Gasteiger partial charge is 0.360 e. The van der Waals surface area contributed by atoms with Crippen molar-refractivity contribution in [3.05, 3.63) is 52.4 Å². The number of hydrogen-bond donors (Lipinski definition) is 1. The molecule has 0 radical (unpaired) electrons. The van der Waals surface area contributed by atoms with Crippen LogP contribution in [0, 0.1) is 6.92 Å². The third kappa shape index (κ3) is 5.00. The molecule has 1 N–H and O–H groups in total. The highest BCUT2D eigenvalue weighted by atomic mass is 16.5. The molecule has 0 bridgehead atoms. The molecule has 3 rings (SSSR count). The highest BCUT2D eigenvalue weighted by Crippen LogP contribution is 2.22. The van der Waals surface area contributed by atoms with Gasteiger partial charge in [0.2, 0.25) is 0 Å². The van der Waals surface area contributed by atoms with E-state index in [0.29, 0.717) is 23.6 Å². The number of piperazine rings is 1. The Bertz CT molecular complexity index is 774. The number of carbonyl (C=O) groups excluding carboxylic acids is 1. The van der Waals surface area contributed by atoms with E-state index >= 15 is 0 Å². The fourth-order valence-corrected chi connectivity index (χ4v) is 3.61. The van der Waals surface area contributed by atoms with Crippen LogP contribution in [-0.2, 0) is 13.1 Å². The number of benzene rings is 1. The van der Waals surface area contributed by atoms with E-state index in [1.165, 1.54) is 5.56 Å². The zero-order chi connectivity index (χ0) is 20.1. The lowest BCUT2D eigenvalue weighted by Gasteiger charge is -2.34. The zero-order valence-corrected chi connectivity index (χ0v) is 17.5. The van der Waals surface area contributed by atoms with E-state index in [1.54, 1.807) is 6.92 Å². The molecule has 0 saturated carbocycles. The summed E-state index contributed by atoms with van der Waals surface area (Å²) in [6.07, 6.45) is 0. The maximum atomic E-state index is 12.6. The number of aryl methyl sites for hydroxylation is 1. The van der Waals surface area contributed by atoms with Crippen molar-refractivity contribution in [1.29, 1.82) is 0 Å². The van der Waals surface area contributed by atoms with Crippen LogP contribution < -0.4 is 5.32 Å². The molecular weight excluding hydrogens is 352 g/mol. The molecule has 2 heterocycles. The molecule has 0 spiro atoms. The molecule has 1 saturated heterocycles. The van der Waals surface area contributed by atoms with Gasteiger partial charge in [-0.1, -0.05) is 50.2 Å². The molecular formula is C22H32N4O2. The third-order valence-electron chi connectivity index (χ3n) is 5.43. The zero-order valence-electron chi connectivity index (χ0n) is 17.5. The molecule has 1 aromatic heterocycles. The average molecular weight is 385 g/mol. The molecule has 2 aromatic rings. The lowest BCUT2D eigenvalue weighted by Crippen LogP contribution is -2.45. The Morgan fingerprint density at radius 3 is 2.32 bits per heavy atom. The minimum absolute atomic E-state index is 0.125. The van der Waals surface area contributed by atoms with Crippen molar-refractivity contribution in [3.8, 4) is 0 Å². The van der Waals surface area contributed by atoms with Gasteiger partial charge in [-0.15, -0.1) is 0 Å². The van der Waals surface area contributed by atoms with Gasteiger partial charge >= 0.3 is 0 Å². The predicted octanol–water partition coefficient (Wildman–Crippen LogP) is 3.17. The Hall–Kier alpha value is -2.18. The first kappa shape index (κ1) is 20.6. The van der Waals surface area contributed by atoms with Gasteiger partial charge in [-0.2, -0.15) is 0 Å². The summed E-state index contributed by atoms with van der Waals surface area (Å²) in [6.45, 7) is 15.2. The van der Waals surface area contributed by atoms with Crippen molar-refractivity contribution in [2.24, 2.45) is 0 Å². The number of nitrogens with zero attached hydrogens (tertiary/aromatic N) is 3. The predicted molar refractivity (Wildman–Crippen MR) is 110 cm³/mol. The van der Waals surface area contributed by atoms with E-state index in [2.05, 4.69) is 51.5 Å². The van der Waals surface area contributed by atoms with Crippen LogP contribution in [0.15, 0.2) is 28.8 Å². The number of carbonyl (C=O) groups is 1. The van der Waals surface area contributed by atoms with Gasteiger partial charge in [0, 0.05) is 45.2 Å². The van der Waals surface area contributed by atoms with Crippen LogP contribution in [0.4, 0.5) is 0 Å². The number of likely N-dealkylation sites (N-methyl/N-ethyl adjacent to an activating group) is 1. The highest BCUT2D eigenvalue weighted by molar-refractivity contribution is 5.96. The van der Waals surface area contributed by atoms with Crippen molar-refractivity contribution in [2.75, 3.05) is 32.7 Å². The van der Waals surface area contributed by atoms with E-state index in [0.717, 1.165) is 44.8 Å². The Morgan fingerprint density at radius 1 is 1.11 bits per heavy atom. The van der Waals surface area contributed by atoms with Gasteiger partial charge in [-0.25, -0.2) is 0 Å². The second kappa shape index (κ2) is 9.34. The number of aromatic nitrogens is 1. The molecule has 152 valence electrons. The Labute approximate surface area is 167 Å². The van der Waals surface area contributed by atoms with E-state index in [1.807, 2.05) is 13.8 Å². The molecule has 0 atom stereocenters. The number of nitrogens with one attached hydrogen (secondary N) is 1. The molecule has 28 heavy (non-hydrogen) atoms. The van der Waals surface area contributed by atoms with Crippen molar-refractivity contribution in [1.82, 2.24) is 20.3 Å². The first-order valence-electron chi connectivity index (χ1n) is 10.2. The Balaban J connectivity index is 1.52. The molecule has 1 aliphatic rings. The van der Waals surface area contributed by atoms with Crippen molar-refractivity contribution in [3.63, 3.8) is 0 Å². The van der Waals surface area contributed by atoms with E-state index in [-0.39, 0.29) is 11.8 Å². The lowest BCUT2D eigenvalue weighted by atomic mass is 10.0. The van der Waals surface area contributed by atoms with Gasteiger partial charge in [-0.05, 0) is 24.6 Å². The molecule has 0 aliphatic carbocycles. The van der Waals surface area contributed by atoms with Crippen LogP contribution >= 0.6 is 0 Å². The maximum Gasteiger partial charge on any atom is 0.257 e. The number of hydrogen-bond acceptors (Lipinski definition) is 5. The first-order chi connectivity index (χ1) is 13.5. The van der Waals surface area contributed by atoms with Crippen LogP contribution in [0.3, 0.4) is 0 Å². The molecule has 1 fully saturated rings. The molecule has 6 nitrogen and oxygen atoms in total. The van der Waals surface area contributed by atoms with Gasteiger partial charge < -0.3 is 14.7 Å². The van der Waals surface area contributed by atoms with Crippen LogP contribution in [0.5, 0.6) is 0 Å². The summed E-state index contributed by atoms with van der Waals surface area (Å²) >= 11 is 0. The minimum atomic E-state index is -0.125. The monoisotopic (exact) mass is 384 g/mol. The van der Waals surface area contributed by atoms with E-state index in [9.17, 15) is 4.79 Å². The SMILES string of the molecule is CCN1CCN(Cc2ccc(CNC(=O)c3c(C)noc3C(C)C)cc2)CC1. The normalized spacial score (nSPS) is 15.9. The molecule has 1 aromatic carbocycles. The average Bonchev–Trinajstić information content (AvgIpc) is 3.10. The van der Waals surface area contributed by atoms with Crippen LogP contribution in [0.1, 0.15) is 59.6 Å². The van der Waals surface area contributed by atoms with Crippen molar-refractivity contribution in [2.45, 2.75) is 46.7 Å². The van der Waals surface area contributed by atoms with Crippen LogP contribution in [-0.4, -0.2) is 53.6 Å². The van der Waals surface area contributed by atoms with Crippen molar-refractivity contribution >= 4 is 5.91 Å². The topological polar surface area (TPSA) is 61.6 Å². The van der Waals surface area contributed by atoms with Crippen LogP contribution in [0.2, 0.25) is 0 Å². The smallest absolute Gasteiger partial charge is 0.257 e. The fourth-order valence-electron chi connectivity index (χ4n) is 3.61. The van der Waals surface area contributed by atoms with Crippen LogP contribution in [0.25, 0.3) is 0 Å². The third-order valence-corrected chi connectivity index (χ3v) is 5.43. The first-order valence-corrected chi connectivity index (χ1v) is 10.2. The number of rotatable bonds is 7.